The molecule has 96 valence electrons. The van der Waals surface area contributed by atoms with Crippen LogP contribution in [0.2, 0.25) is 0 Å². The van der Waals surface area contributed by atoms with Crippen molar-refractivity contribution in [3.05, 3.63) is 46.7 Å². The number of benzene rings is 1. The zero-order valence-corrected chi connectivity index (χ0v) is 11.9. The molecule has 0 amide bonds. The van der Waals surface area contributed by atoms with E-state index in [9.17, 15) is 0 Å². The normalized spacial score (nSPS) is 10.6. The van der Waals surface area contributed by atoms with Crippen LogP contribution in [0.1, 0.15) is 5.56 Å². The van der Waals surface area contributed by atoms with Crippen molar-refractivity contribution < 1.29 is 4.74 Å². The zero-order chi connectivity index (χ0) is 12.8. The SMILES string of the molecule is Cn1cc(CNCCOc2cccc(Br)c2)cn1. The van der Waals surface area contributed by atoms with Crippen LogP contribution >= 0.6 is 15.9 Å². The first-order valence-corrected chi connectivity index (χ1v) is 6.60. The molecule has 4 nitrogen and oxygen atoms in total. The summed E-state index contributed by atoms with van der Waals surface area (Å²) in [5, 5.41) is 7.42. The number of nitrogens with zero attached hydrogens (tertiary/aromatic N) is 2. The molecule has 0 saturated heterocycles. The fourth-order valence-corrected chi connectivity index (χ4v) is 1.97. The number of rotatable bonds is 6. The summed E-state index contributed by atoms with van der Waals surface area (Å²) in [6.45, 7) is 2.27. The lowest BCUT2D eigenvalue weighted by Crippen LogP contribution is -2.20. The average Bonchev–Trinajstić information content (AvgIpc) is 2.75. The fourth-order valence-electron chi connectivity index (χ4n) is 1.59. The predicted octanol–water partition coefficient (Wildman–Crippen LogP) is 2.35. The first-order chi connectivity index (χ1) is 8.74. The Morgan fingerprint density at radius 2 is 2.33 bits per heavy atom. The first-order valence-electron chi connectivity index (χ1n) is 5.80. The van der Waals surface area contributed by atoms with E-state index in [0.29, 0.717) is 6.61 Å². The van der Waals surface area contributed by atoms with Crippen LogP contribution in [0.5, 0.6) is 5.75 Å². The zero-order valence-electron chi connectivity index (χ0n) is 10.3. The number of aryl methyl sites for hydroxylation is 1. The lowest BCUT2D eigenvalue weighted by atomic mass is 10.3. The second-order valence-electron chi connectivity index (χ2n) is 4.00. The molecule has 0 unspecified atom stereocenters. The van der Waals surface area contributed by atoms with Crippen molar-refractivity contribution in [2.24, 2.45) is 7.05 Å². The Morgan fingerprint density at radius 3 is 3.06 bits per heavy atom. The molecule has 0 spiro atoms. The smallest absolute Gasteiger partial charge is 0.120 e. The van der Waals surface area contributed by atoms with Gasteiger partial charge in [-0.05, 0) is 18.2 Å². The number of aromatic nitrogens is 2. The van der Waals surface area contributed by atoms with Gasteiger partial charge in [-0.3, -0.25) is 4.68 Å². The summed E-state index contributed by atoms with van der Waals surface area (Å²) in [5.74, 6) is 0.882. The van der Waals surface area contributed by atoms with E-state index in [1.54, 1.807) is 4.68 Å². The predicted molar refractivity (Wildman–Crippen MR) is 74.6 cm³/mol. The minimum absolute atomic E-state index is 0.650. The molecule has 0 aliphatic carbocycles. The van der Waals surface area contributed by atoms with Gasteiger partial charge in [0.15, 0.2) is 0 Å². The van der Waals surface area contributed by atoms with Crippen molar-refractivity contribution in [2.45, 2.75) is 6.54 Å². The lowest BCUT2D eigenvalue weighted by Gasteiger charge is -2.07. The molecule has 0 saturated carbocycles. The molecule has 0 atom stereocenters. The monoisotopic (exact) mass is 309 g/mol. The molecule has 18 heavy (non-hydrogen) atoms. The molecule has 1 aromatic carbocycles. The summed E-state index contributed by atoms with van der Waals surface area (Å²) in [6.07, 6.45) is 3.87. The highest BCUT2D eigenvalue weighted by atomic mass is 79.9. The summed E-state index contributed by atoms with van der Waals surface area (Å²) in [7, 11) is 1.92. The number of halogens is 1. The highest BCUT2D eigenvalue weighted by molar-refractivity contribution is 9.10. The average molecular weight is 310 g/mol. The molecule has 2 rings (SSSR count). The maximum absolute atomic E-state index is 5.62. The van der Waals surface area contributed by atoms with Crippen molar-refractivity contribution in [3.8, 4) is 5.75 Å². The number of ether oxygens (including phenoxy) is 1. The lowest BCUT2D eigenvalue weighted by molar-refractivity contribution is 0.313. The van der Waals surface area contributed by atoms with Crippen molar-refractivity contribution in [3.63, 3.8) is 0 Å². The summed E-state index contributed by atoms with van der Waals surface area (Å²) in [5.41, 5.74) is 1.18. The maximum atomic E-state index is 5.62. The molecule has 5 heteroatoms. The summed E-state index contributed by atoms with van der Waals surface area (Å²) in [6, 6.07) is 7.85. The summed E-state index contributed by atoms with van der Waals surface area (Å²) >= 11 is 3.41. The van der Waals surface area contributed by atoms with Crippen LogP contribution in [-0.4, -0.2) is 22.9 Å². The van der Waals surface area contributed by atoms with Gasteiger partial charge in [-0.25, -0.2) is 0 Å². The van der Waals surface area contributed by atoms with Gasteiger partial charge in [-0.1, -0.05) is 22.0 Å². The summed E-state index contributed by atoms with van der Waals surface area (Å²) < 4.78 is 8.45. The Morgan fingerprint density at radius 1 is 1.44 bits per heavy atom. The van der Waals surface area contributed by atoms with Crippen molar-refractivity contribution in [1.82, 2.24) is 15.1 Å². The van der Waals surface area contributed by atoms with Gasteiger partial charge in [0, 0.05) is 36.4 Å². The molecule has 1 heterocycles. The van der Waals surface area contributed by atoms with E-state index < -0.39 is 0 Å². The van der Waals surface area contributed by atoms with E-state index in [1.807, 2.05) is 43.7 Å². The highest BCUT2D eigenvalue weighted by Crippen LogP contribution is 2.17. The Hall–Kier alpha value is -1.33. The quantitative estimate of drug-likeness (QED) is 0.833. The van der Waals surface area contributed by atoms with Crippen LogP contribution in [0.4, 0.5) is 0 Å². The topological polar surface area (TPSA) is 39.1 Å². The molecule has 0 aliphatic rings. The molecule has 0 bridgehead atoms. The molecule has 1 N–H and O–H groups in total. The van der Waals surface area contributed by atoms with Crippen molar-refractivity contribution in [1.29, 1.82) is 0 Å². The van der Waals surface area contributed by atoms with Crippen LogP contribution in [0, 0.1) is 0 Å². The standard InChI is InChI=1S/C13H16BrN3O/c1-17-10-11(9-16-17)8-15-5-6-18-13-4-2-3-12(14)7-13/h2-4,7,9-10,15H,5-6,8H2,1H3. The second kappa shape index (κ2) is 6.56. The largest absolute Gasteiger partial charge is 0.492 e. The Kier molecular flexibility index (Phi) is 4.78. The van der Waals surface area contributed by atoms with Gasteiger partial charge in [-0.2, -0.15) is 5.10 Å². The van der Waals surface area contributed by atoms with Crippen LogP contribution in [0.3, 0.4) is 0 Å². The van der Waals surface area contributed by atoms with Crippen LogP contribution < -0.4 is 10.1 Å². The molecular formula is C13H16BrN3O. The van der Waals surface area contributed by atoms with Gasteiger partial charge in [0.05, 0.1) is 6.20 Å². The highest BCUT2D eigenvalue weighted by Gasteiger charge is 1.96. The van der Waals surface area contributed by atoms with E-state index >= 15 is 0 Å². The maximum Gasteiger partial charge on any atom is 0.120 e. The third kappa shape index (κ3) is 4.16. The van der Waals surface area contributed by atoms with E-state index in [2.05, 4.69) is 26.3 Å². The molecule has 2 aromatic rings. The number of hydrogen-bond donors (Lipinski definition) is 1. The molecule has 0 radical (unpaired) electrons. The van der Waals surface area contributed by atoms with Crippen molar-refractivity contribution >= 4 is 15.9 Å². The number of hydrogen-bond acceptors (Lipinski definition) is 3. The van der Waals surface area contributed by atoms with E-state index in [1.165, 1.54) is 5.56 Å². The Bertz CT molecular complexity index is 498. The van der Waals surface area contributed by atoms with Gasteiger partial charge >= 0.3 is 0 Å². The van der Waals surface area contributed by atoms with Gasteiger partial charge in [0.25, 0.3) is 0 Å². The van der Waals surface area contributed by atoms with Crippen LogP contribution in [-0.2, 0) is 13.6 Å². The van der Waals surface area contributed by atoms with E-state index in [0.717, 1.165) is 23.3 Å². The Labute approximate surface area is 115 Å². The molecule has 0 aliphatic heterocycles. The fraction of sp³-hybridized carbons (Fsp3) is 0.308. The van der Waals surface area contributed by atoms with Crippen molar-refractivity contribution in [2.75, 3.05) is 13.2 Å². The van der Waals surface area contributed by atoms with Gasteiger partial charge in [-0.15, -0.1) is 0 Å². The van der Waals surface area contributed by atoms with E-state index in [-0.39, 0.29) is 0 Å². The van der Waals surface area contributed by atoms with Crippen LogP contribution in [0.25, 0.3) is 0 Å². The molecule has 0 fully saturated rings. The minimum atomic E-state index is 0.650. The number of nitrogens with one attached hydrogen (secondary N) is 1. The molecule has 1 aromatic heterocycles. The second-order valence-corrected chi connectivity index (χ2v) is 4.92. The third-order valence-corrected chi connectivity index (χ3v) is 2.92. The van der Waals surface area contributed by atoms with Gasteiger partial charge in [0.2, 0.25) is 0 Å². The third-order valence-electron chi connectivity index (χ3n) is 2.43. The first kappa shape index (κ1) is 13.1. The van der Waals surface area contributed by atoms with E-state index in [4.69, 9.17) is 4.74 Å². The Balaban J connectivity index is 1.64. The van der Waals surface area contributed by atoms with Gasteiger partial charge in [0.1, 0.15) is 12.4 Å². The molecular weight excluding hydrogens is 294 g/mol. The summed E-state index contributed by atoms with van der Waals surface area (Å²) in [4.78, 5) is 0. The minimum Gasteiger partial charge on any atom is -0.492 e. The van der Waals surface area contributed by atoms with Gasteiger partial charge < -0.3 is 10.1 Å². The van der Waals surface area contributed by atoms with Crippen LogP contribution in [0.15, 0.2) is 41.1 Å².